The highest BCUT2D eigenvalue weighted by Crippen LogP contribution is 2.28. The normalized spacial score (nSPS) is 11.3. The van der Waals surface area contributed by atoms with Crippen molar-refractivity contribution >= 4 is 10.0 Å². The van der Waals surface area contributed by atoms with Crippen LogP contribution in [0, 0.1) is 13.8 Å². The number of ether oxygens (including phenoxy) is 1. The molecule has 0 unspecified atom stereocenters. The molecule has 1 aromatic rings. The molecule has 1 rings (SSSR count). The lowest BCUT2D eigenvalue weighted by Gasteiger charge is -2.14. The second-order valence-corrected chi connectivity index (χ2v) is 6.04. The first-order valence-electron chi connectivity index (χ1n) is 5.63. The van der Waals surface area contributed by atoms with Gasteiger partial charge in [-0.2, -0.15) is 0 Å². The van der Waals surface area contributed by atoms with Crippen LogP contribution in [0.15, 0.2) is 29.2 Å². The molecule has 0 fully saturated rings. The van der Waals surface area contributed by atoms with Gasteiger partial charge in [-0.25, -0.2) is 13.6 Å². The van der Waals surface area contributed by atoms with E-state index in [1.807, 2.05) is 19.9 Å². The third kappa shape index (κ3) is 3.85. The van der Waals surface area contributed by atoms with Crippen LogP contribution in [-0.2, 0) is 10.0 Å². The summed E-state index contributed by atoms with van der Waals surface area (Å²) in [4.78, 5) is 0.0433. The summed E-state index contributed by atoms with van der Waals surface area (Å²) < 4.78 is 28.6. The van der Waals surface area contributed by atoms with Gasteiger partial charge < -0.3 is 4.74 Å². The van der Waals surface area contributed by atoms with Gasteiger partial charge in [0.15, 0.2) is 0 Å². The van der Waals surface area contributed by atoms with Gasteiger partial charge in [0.2, 0.25) is 10.0 Å². The number of benzene rings is 1. The van der Waals surface area contributed by atoms with Crippen LogP contribution in [0.5, 0.6) is 5.75 Å². The second-order valence-electron chi connectivity index (χ2n) is 4.51. The van der Waals surface area contributed by atoms with E-state index < -0.39 is 10.0 Å². The Morgan fingerprint density at radius 2 is 2.00 bits per heavy atom. The zero-order valence-electron chi connectivity index (χ0n) is 11.0. The topological polar surface area (TPSA) is 69.4 Å². The van der Waals surface area contributed by atoms with Crippen LogP contribution in [0.2, 0.25) is 0 Å². The van der Waals surface area contributed by atoms with Crippen LogP contribution in [0.25, 0.3) is 0 Å². The average molecular weight is 269 g/mol. The standard InChI is InChI=1S/C13H19NO3S/c1-9(2)5-6-17-13-11(4)7-10(3)8-12(13)18(14,15)16/h7-8H,1,5-6H2,2-4H3,(H2,14,15,16). The van der Waals surface area contributed by atoms with Crippen LogP contribution >= 0.6 is 0 Å². The fourth-order valence-electron chi connectivity index (χ4n) is 1.64. The first kappa shape index (κ1) is 14.7. The van der Waals surface area contributed by atoms with E-state index in [1.165, 1.54) is 6.07 Å². The Balaban J connectivity index is 3.13. The van der Waals surface area contributed by atoms with Crippen molar-refractivity contribution in [2.75, 3.05) is 6.61 Å². The summed E-state index contributed by atoms with van der Waals surface area (Å²) in [5.41, 5.74) is 2.58. The monoisotopic (exact) mass is 269 g/mol. The van der Waals surface area contributed by atoms with Crippen LogP contribution in [0.4, 0.5) is 0 Å². The number of aryl methyl sites for hydroxylation is 2. The minimum absolute atomic E-state index is 0.0433. The van der Waals surface area contributed by atoms with Gasteiger partial charge in [0, 0.05) is 6.42 Å². The summed E-state index contributed by atoms with van der Waals surface area (Å²) in [6.07, 6.45) is 0.678. The number of hydrogen-bond acceptors (Lipinski definition) is 3. The van der Waals surface area contributed by atoms with Gasteiger partial charge in [-0.1, -0.05) is 11.6 Å². The maximum atomic E-state index is 11.5. The van der Waals surface area contributed by atoms with Gasteiger partial charge >= 0.3 is 0 Å². The highest BCUT2D eigenvalue weighted by molar-refractivity contribution is 7.89. The van der Waals surface area contributed by atoms with E-state index >= 15 is 0 Å². The largest absolute Gasteiger partial charge is 0.492 e. The maximum absolute atomic E-state index is 11.5. The smallest absolute Gasteiger partial charge is 0.241 e. The molecule has 100 valence electrons. The summed E-state index contributed by atoms with van der Waals surface area (Å²) in [5, 5.41) is 5.20. The van der Waals surface area contributed by atoms with Gasteiger partial charge in [-0.3, -0.25) is 0 Å². The molecule has 0 aliphatic carbocycles. The molecule has 0 aromatic heterocycles. The van der Waals surface area contributed by atoms with Crippen molar-refractivity contribution in [3.63, 3.8) is 0 Å². The number of rotatable bonds is 5. The lowest BCUT2D eigenvalue weighted by Crippen LogP contribution is -2.15. The zero-order valence-corrected chi connectivity index (χ0v) is 11.8. The second kappa shape index (κ2) is 5.54. The van der Waals surface area contributed by atoms with Gasteiger partial charge in [0.05, 0.1) is 6.61 Å². The van der Waals surface area contributed by atoms with Crippen molar-refractivity contribution < 1.29 is 13.2 Å². The minimum atomic E-state index is -3.78. The van der Waals surface area contributed by atoms with E-state index in [2.05, 4.69) is 6.58 Å². The van der Waals surface area contributed by atoms with Gasteiger partial charge in [0.25, 0.3) is 0 Å². The third-order valence-electron chi connectivity index (χ3n) is 2.47. The highest BCUT2D eigenvalue weighted by Gasteiger charge is 2.18. The van der Waals surface area contributed by atoms with E-state index in [0.29, 0.717) is 18.8 Å². The predicted octanol–water partition coefficient (Wildman–Crippen LogP) is 2.30. The summed E-state index contributed by atoms with van der Waals surface area (Å²) in [6, 6.07) is 3.39. The van der Waals surface area contributed by atoms with Gasteiger partial charge in [0.1, 0.15) is 10.6 Å². The Labute approximate surface area is 109 Å². The molecule has 0 aliphatic rings. The number of nitrogens with two attached hydrogens (primary N) is 1. The Morgan fingerprint density at radius 3 is 2.50 bits per heavy atom. The predicted molar refractivity (Wildman–Crippen MR) is 72.2 cm³/mol. The molecule has 0 aliphatic heterocycles. The molecule has 0 heterocycles. The third-order valence-corrected chi connectivity index (χ3v) is 3.38. The molecule has 0 spiro atoms. The molecule has 18 heavy (non-hydrogen) atoms. The first-order chi connectivity index (χ1) is 8.21. The Bertz CT molecular complexity index is 562. The van der Waals surface area contributed by atoms with Crippen LogP contribution < -0.4 is 9.88 Å². The lowest BCUT2D eigenvalue weighted by atomic mass is 10.1. The zero-order chi connectivity index (χ0) is 13.9. The van der Waals surface area contributed by atoms with Crippen LogP contribution in [-0.4, -0.2) is 15.0 Å². The van der Waals surface area contributed by atoms with E-state index in [4.69, 9.17) is 9.88 Å². The Hall–Kier alpha value is -1.33. The molecule has 0 radical (unpaired) electrons. The molecule has 0 saturated carbocycles. The molecule has 0 bridgehead atoms. The van der Waals surface area contributed by atoms with Crippen molar-refractivity contribution in [1.29, 1.82) is 0 Å². The quantitative estimate of drug-likeness (QED) is 0.834. The molecule has 0 saturated heterocycles. The molecule has 1 aromatic carbocycles. The van der Waals surface area contributed by atoms with E-state index in [0.717, 1.165) is 16.7 Å². The van der Waals surface area contributed by atoms with Crippen LogP contribution in [0.1, 0.15) is 24.5 Å². The van der Waals surface area contributed by atoms with Crippen molar-refractivity contribution in [3.8, 4) is 5.75 Å². The fourth-order valence-corrected chi connectivity index (χ4v) is 2.47. The fraction of sp³-hybridized carbons (Fsp3) is 0.385. The molecule has 0 atom stereocenters. The van der Waals surface area contributed by atoms with E-state index in [-0.39, 0.29) is 4.90 Å². The van der Waals surface area contributed by atoms with Crippen molar-refractivity contribution in [1.82, 2.24) is 0 Å². The average Bonchev–Trinajstić information content (AvgIpc) is 2.18. The summed E-state index contributed by atoms with van der Waals surface area (Å²) in [7, 11) is -3.78. The van der Waals surface area contributed by atoms with E-state index in [9.17, 15) is 8.42 Å². The van der Waals surface area contributed by atoms with Crippen molar-refractivity contribution in [3.05, 3.63) is 35.4 Å². The lowest BCUT2D eigenvalue weighted by molar-refractivity contribution is 0.311. The molecular weight excluding hydrogens is 250 g/mol. The maximum Gasteiger partial charge on any atom is 0.241 e. The van der Waals surface area contributed by atoms with Crippen LogP contribution in [0.3, 0.4) is 0 Å². The minimum Gasteiger partial charge on any atom is -0.492 e. The summed E-state index contributed by atoms with van der Waals surface area (Å²) >= 11 is 0. The highest BCUT2D eigenvalue weighted by atomic mass is 32.2. The Kier molecular flexibility index (Phi) is 4.53. The molecular formula is C13H19NO3S. The molecule has 0 amide bonds. The molecule has 4 nitrogen and oxygen atoms in total. The van der Waals surface area contributed by atoms with Gasteiger partial charge in [-0.15, -0.1) is 6.58 Å². The van der Waals surface area contributed by atoms with Gasteiger partial charge in [-0.05, 0) is 38.0 Å². The SMILES string of the molecule is C=C(C)CCOc1c(C)cc(C)cc1S(N)(=O)=O. The van der Waals surface area contributed by atoms with Crippen molar-refractivity contribution in [2.45, 2.75) is 32.1 Å². The summed E-state index contributed by atoms with van der Waals surface area (Å²) in [5.74, 6) is 0.337. The first-order valence-corrected chi connectivity index (χ1v) is 7.17. The number of hydrogen-bond donors (Lipinski definition) is 1. The summed E-state index contributed by atoms with van der Waals surface area (Å²) in [6.45, 7) is 9.68. The molecule has 5 heteroatoms. The number of primary sulfonamides is 1. The van der Waals surface area contributed by atoms with Crippen molar-refractivity contribution in [2.24, 2.45) is 5.14 Å². The Morgan fingerprint density at radius 1 is 1.39 bits per heavy atom. The number of sulfonamides is 1. The van der Waals surface area contributed by atoms with E-state index in [1.54, 1.807) is 6.92 Å². The molecule has 2 N–H and O–H groups in total.